The van der Waals surface area contributed by atoms with Crippen molar-refractivity contribution in [3.05, 3.63) is 23.3 Å². The Bertz CT molecular complexity index is 457. The molecule has 5 nitrogen and oxygen atoms in total. The van der Waals surface area contributed by atoms with Crippen LogP contribution in [0.1, 0.15) is 17.2 Å². The zero-order chi connectivity index (χ0) is 14.6. The van der Waals surface area contributed by atoms with Crippen molar-refractivity contribution < 1.29 is 19.0 Å². The van der Waals surface area contributed by atoms with E-state index in [0.29, 0.717) is 11.5 Å². The summed E-state index contributed by atoms with van der Waals surface area (Å²) in [5.74, 6) is 1.02. The third-order valence-electron chi connectivity index (χ3n) is 2.98. The molecule has 0 saturated heterocycles. The van der Waals surface area contributed by atoms with Gasteiger partial charge in [0, 0.05) is 5.56 Å². The molecule has 19 heavy (non-hydrogen) atoms. The highest BCUT2D eigenvalue weighted by molar-refractivity contribution is 5.79. The first kappa shape index (κ1) is 15.3. The number of methoxy groups -OCH3 is 3. The summed E-state index contributed by atoms with van der Waals surface area (Å²) in [6.07, 6.45) is 0. The average Bonchev–Trinajstić information content (AvgIpc) is 2.39. The molecular weight excluding hydrogens is 246 g/mol. The number of likely N-dealkylation sites (N-methyl/N-ethyl adjacent to an activating group) is 1. The van der Waals surface area contributed by atoms with Crippen molar-refractivity contribution in [1.82, 2.24) is 4.90 Å². The molecule has 5 heteroatoms. The molecule has 1 aromatic rings. The zero-order valence-electron chi connectivity index (χ0n) is 12.3. The van der Waals surface area contributed by atoms with Gasteiger partial charge in [0.1, 0.15) is 17.5 Å². The van der Waals surface area contributed by atoms with Crippen molar-refractivity contribution in [2.45, 2.75) is 13.0 Å². The number of benzene rings is 1. The van der Waals surface area contributed by atoms with Crippen LogP contribution in [0.25, 0.3) is 0 Å². The van der Waals surface area contributed by atoms with Gasteiger partial charge in [0.2, 0.25) is 0 Å². The average molecular weight is 267 g/mol. The van der Waals surface area contributed by atoms with Crippen LogP contribution in [0, 0.1) is 6.92 Å². The van der Waals surface area contributed by atoms with Crippen molar-refractivity contribution in [1.29, 1.82) is 0 Å². The van der Waals surface area contributed by atoms with Crippen LogP contribution in [0.3, 0.4) is 0 Å². The van der Waals surface area contributed by atoms with Crippen LogP contribution < -0.4 is 9.47 Å². The Morgan fingerprint density at radius 1 is 1.11 bits per heavy atom. The van der Waals surface area contributed by atoms with Crippen LogP contribution in [-0.2, 0) is 9.53 Å². The van der Waals surface area contributed by atoms with Gasteiger partial charge in [0.05, 0.1) is 21.3 Å². The topological polar surface area (TPSA) is 48.0 Å². The van der Waals surface area contributed by atoms with Gasteiger partial charge >= 0.3 is 5.97 Å². The van der Waals surface area contributed by atoms with Crippen molar-refractivity contribution >= 4 is 5.97 Å². The van der Waals surface area contributed by atoms with E-state index in [0.717, 1.165) is 11.1 Å². The van der Waals surface area contributed by atoms with E-state index in [1.54, 1.807) is 19.1 Å². The van der Waals surface area contributed by atoms with Crippen molar-refractivity contribution in [3.63, 3.8) is 0 Å². The van der Waals surface area contributed by atoms with Crippen molar-refractivity contribution in [3.8, 4) is 11.5 Å². The molecule has 0 radical (unpaired) electrons. The van der Waals surface area contributed by atoms with Gasteiger partial charge in [0.25, 0.3) is 0 Å². The molecule has 0 saturated carbocycles. The second kappa shape index (κ2) is 6.43. The third-order valence-corrected chi connectivity index (χ3v) is 2.98. The maximum Gasteiger partial charge on any atom is 0.327 e. The lowest BCUT2D eigenvalue weighted by atomic mass is 10.0. The molecule has 0 bridgehead atoms. The number of aryl methyl sites for hydroxylation is 1. The summed E-state index contributed by atoms with van der Waals surface area (Å²) >= 11 is 0. The van der Waals surface area contributed by atoms with Gasteiger partial charge in [-0.25, -0.2) is 4.79 Å². The molecule has 0 N–H and O–H groups in total. The highest BCUT2D eigenvalue weighted by Gasteiger charge is 2.28. The molecule has 0 heterocycles. The molecule has 0 aromatic heterocycles. The first-order chi connectivity index (χ1) is 8.96. The maximum absolute atomic E-state index is 11.9. The maximum atomic E-state index is 11.9. The van der Waals surface area contributed by atoms with Crippen LogP contribution >= 0.6 is 0 Å². The number of carbonyl (C=O) groups excluding carboxylic acids is 1. The van der Waals surface area contributed by atoms with E-state index in [2.05, 4.69) is 0 Å². The monoisotopic (exact) mass is 267 g/mol. The van der Waals surface area contributed by atoms with Crippen LogP contribution in [0.4, 0.5) is 0 Å². The predicted octanol–water partition coefficient (Wildman–Crippen LogP) is 1.79. The largest absolute Gasteiger partial charge is 0.496 e. The lowest BCUT2D eigenvalue weighted by Gasteiger charge is -2.24. The summed E-state index contributed by atoms with van der Waals surface area (Å²) in [4.78, 5) is 13.7. The summed E-state index contributed by atoms with van der Waals surface area (Å²) in [6, 6.07) is 3.14. The molecule has 0 aliphatic carbocycles. The fourth-order valence-electron chi connectivity index (χ4n) is 2.02. The van der Waals surface area contributed by atoms with Gasteiger partial charge < -0.3 is 14.2 Å². The first-order valence-electron chi connectivity index (χ1n) is 5.93. The van der Waals surface area contributed by atoms with Gasteiger partial charge in [-0.3, -0.25) is 4.90 Å². The Morgan fingerprint density at radius 3 is 2.11 bits per heavy atom. The number of rotatable bonds is 5. The molecule has 0 spiro atoms. The normalized spacial score (nSPS) is 12.2. The lowest BCUT2D eigenvalue weighted by molar-refractivity contribution is -0.146. The minimum Gasteiger partial charge on any atom is -0.496 e. The second-order valence-corrected chi connectivity index (χ2v) is 4.45. The molecule has 0 aliphatic rings. The smallest absolute Gasteiger partial charge is 0.327 e. The summed E-state index contributed by atoms with van der Waals surface area (Å²) in [7, 11) is 8.17. The van der Waals surface area contributed by atoms with Crippen LogP contribution in [0.2, 0.25) is 0 Å². The van der Waals surface area contributed by atoms with E-state index in [1.165, 1.54) is 7.11 Å². The number of hydrogen-bond donors (Lipinski definition) is 0. The Labute approximate surface area is 114 Å². The molecular formula is C14H21NO4. The Balaban J connectivity index is 3.39. The number of carbonyl (C=O) groups is 1. The SMILES string of the molecule is COC(=O)C(c1cc(OC)c(C)cc1OC)N(C)C. The van der Waals surface area contributed by atoms with E-state index in [4.69, 9.17) is 14.2 Å². The Kier molecular flexibility index (Phi) is 5.18. The number of ether oxygens (including phenoxy) is 3. The standard InChI is InChI=1S/C14H21NO4/c1-9-7-12(18-5)10(8-11(9)17-4)13(15(2)3)14(16)19-6/h7-8,13H,1-6H3. The number of hydrogen-bond acceptors (Lipinski definition) is 5. The molecule has 1 atom stereocenters. The fourth-order valence-corrected chi connectivity index (χ4v) is 2.02. The van der Waals surface area contributed by atoms with E-state index < -0.39 is 6.04 Å². The number of nitrogens with zero attached hydrogens (tertiary/aromatic N) is 1. The minimum atomic E-state index is -0.533. The molecule has 106 valence electrons. The fraction of sp³-hybridized carbons (Fsp3) is 0.500. The zero-order valence-corrected chi connectivity index (χ0v) is 12.3. The first-order valence-corrected chi connectivity index (χ1v) is 5.93. The molecule has 1 unspecified atom stereocenters. The summed E-state index contributed by atoms with van der Waals surface area (Å²) in [6.45, 7) is 1.92. The predicted molar refractivity (Wildman–Crippen MR) is 72.7 cm³/mol. The van der Waals surface area contributed by atoms with Crippen LogP contribution in [0.5, 0.6) is 11.5 Å². The lowest BCUT2D eigenvalue weighted by Crippen LogP contribution is -2.29. The highest BCUT2D eigenvalue weighted by Crippen LogP contribution is 2.34. The second-order valence-electron chi connectivity index (χ2n) is 4.45. The molecule has 0 amide bonds. The van der Waals surface area contributed by atoms with Gasteiger partial charge in [-0.1, -0.05) is 0 Å². The van der Waals surface area contributed by atoms with E-state index in [-0.39, 0.29) is 5.97 Å². The van der Waals surface area contributed by atoms with E-state index in [1.807, 2.05) is 33.2 Å². The summed E-state index contributed by atoms with van der Waals surface area (Å²) in [5, 5.41) is 0. The van der Waals surface area contributed by atoms with Gasteiger partial charge in [-0.2, -0.15) is 0 Å². The van der Waals surface area contributed by atoms with Crippen LogP contribution in [0.15, 0.2) is 12.1 Å². The van der Waals surface area contributed by atoms with Crippen molar-refractivity contribution in [2.75, 3.05) is 35.4 Å². The summed E-state index contributed by atoms with van der Waals surface area (Å²) < 4.78 is 15.5. The van der Waals surface area contributed by atoms with E-state index >= 15 is 0 Å². The minimum absolute atomic E-state index is 0.339. The van der Waals surface area contributed by atoms with Crippen LogP contribution in [-0.4, -0.2) is 46.3 Å². The van der Waals surface area contributed by atoms with Gasteiger partial charge in [-0.15, -0.1) is 0 Å². The quantitative estimate of drug-likeness (QED) is 0.761. The summed E-state index contributed by atoms with van der Waals surface area (Å²) in [5.41, 5.74) is 1.67. The highest BCUT2D eigenvalue weighted by atomic mass is 16.5. The Morgan fingerprint density at radius 2 is 1.68 bits per heavy atom. The van der Waals surface area contributed by atoms with Gasteiger partial charge in [-0.05, 0) is 38.7 Å². The molecule has 1 rings (SSSR count). The molecule has 0 fully saturated rings. The third kappa shape index (κ3) is 3.17. The van der Waals surface area contributed by atoms with Gasteiger partial charge in [0.15, 0.2) is 0 Å². The Hall–Kier alpha value is -1.75. The number of esters is 1. The molecule has 0 aliphatic heterocycles. The van der Waals surface area contributed by atoms with E-state index in [9.17, 15) is 4.79 Å². The molecule has 1 aromatic carbocycles. The van der Waals surface area contributed by atoms with Crippen molar-refractivity contribution in [2.24, 2.45) is 0 Å².